The summed E-state index contributed by atoms with van der Waals surface area (Å²) >= 11 is 2.07. The molecule has 5 heteroatoms. The second kappa shape index (κ2) is 6.56. The largest absolute Gasteiger partial charge is 0.367 e. The van der Waals surface area contributed by atoms with Crippen molar-refractivity contribution < 1.29 is 4.74 Å². The zero-order valence-corrected chi connectivity index (χ0v) is 15.4. The molecule has 1 N–H and O–H groups in total. The van der Waals surface area contributed by atoms with Gasteiger partial charge in [-0.3, -0.25) is 4.79 Å². The molecule has 1 heterocycles. The molecule has 0 amide bonds. The molecule has 4 nitrogen and oxygen atoms in total. The van der Waals surface area contributed by atoms with Gasteiger partial charge in [0.25, 0.3) is 5.56 Å². The fraction of sp³-hybridized carbons (Fsp3) is 0.733. The second-order valence-electron chi connectivity index (χ2n) is 5.96. The van der Waals surface area contributed by atoms with Crippen molar-refractivity contribution in [3.8, 4) is 0 Å². The lowest BCUT2D eigenvalue weighted by atomic mass is 9.90. The van der Waals surface area contributed by atoms with E-state index in [2.05, 4.69) is 62.2 Å². The molecule has 0 aliphatic carbocycles. The fourth-order valence-corrected chi connectivity index (χ4v) is 3.37. The van der Waals surface area contributed by atoms with Crippen molar-refractivity contribution in [3.63, 3.8) is 0 Å². The number of nitrogens with zero attached hydrogens (tertiary/aromatic N) is 1. The highest BCUT2D eigenvalue weighted by atomic mass is 127. The fourth-order valence-electron chi connectivity index (χ4n) is 2.31. The predicted octanol–water partition coefficient (Wildman–Crippen LogP) is 3.72. The van der Waals surface area contributed by atoms with Crippen molar-refractivity contribution >= 4 is 22.6 Å². The van der Waals surface area contributed by atoms with Gasteiger partial charge in [-0.25, -0.2) is 4.98 Å². The van der Waals surface area contributed by atoms with Crippen molar-refractivity contribution in [1.29, 1.82) is 0 Å². The van der Waals surface area contributed by atoms with Crippen LogP contribution in [0.3, 0.4) is 0 Å². The van der Waals surface area contributed by atoms with Crippen LogP contribution in [0.2, 0.25) is 0 Å². The number of halogens is 1. The molecular formula is C15H25IN2O2. The molecular weight excluding hydrogens is 367 g/mol. The Balaban J connectivity index is 3.53. The Morgan fingerprint density at radius 1 is 1.20 bits per heavy atom. The van der Waals surface area contributed by atoms with E-state index in [0.717, 1.165) is 18.5 Å². The van der Waals surface area contributed by atoms with E-state index in [-0.39, 0.29) is 11.0 Å². The van der Waals surface area contributed by atoms with Gasteiger partial charge in [0, 0.05) is 12.0 Å². The Kier molecular flexibility index (Phi) is 5.78. The van der Waals surface area contributed by atoms with Crippen molar-refractivity contribution in [2.75, 3.05) is 6.61 Å². The van der Waals surface area contributed by atoms with Gasteiger partial charge >= 0.3 is 0 Å². The van der Waals surface area contributed by atoms with Crippen LogP contribution in [-0.4, -0.2) is 16.6 Å². The minimum Gasteiger partial charge on any atom is -0.367 e. The third kappa shape index (κ3) is 3.42. The molecule has 0 bridgehead atoms. The Hall–Kier alpha value is -0.430. The van der Waals surface area contributed by atoms with Crippen LogP contribution in [0.4, 0.5) is 0 Å². The molecule has 0 aliphatic heterocycles. The number of nitrogens with one attached hydrogen (secondary N) is 1. The SMILES string of the molecule is CCOC(CC)(CC)c1nc(C(C)(C)C)c(I)c(=O)[nH]1. The van der Waals surface area contributed by atoms with E-state index in [4.69, 9.17) is 9.72 Å². The molecule has 0 saturated heterocycles. The summed E-state index contributed by atoms with van der Waals surface area (Å²) in [6, 6.07) is 0. The summed E-state index contributed by atoms with van der Waals surface area (Å²) in [6.45, 7) is 12.9. The lowest BCUT2D eigenvalue weighted by molar-refractivity contribution is -0.0576. The summed E-state index contributed by atoms with van der Waals surface area (Å²) in [5.74, 6) is 0.652. The number of hydrogen-bond donors (Lipinski definition) is 1. The van der Waals surface area contributed by atoms with E-state index in [1.165, 1.54) is 0 Å². The van der Waals surface area contributed by atoms with Crippen LogP contribution in [0.1, 0.15) is 65.9 Å². The number of aromatic amines is 1. The zero-order chi connectivity index (χ0) is 15.6. The molecule has 0 atom stereocenters. The summed E-state index contributed by atoms with van der Waals surface area (Å²) in [7, 11) is 0. The summed E-state index contributed by atoms with van der Waals surface area (Å²) < 4.78 is 6.60. The van der Waals surface area contributed by atoms with Crippen molar-refractivity contribution in [3.05, 3.63) is 25.4 Å². The summed E-state index contributed by atoms with van der Waals surface area (Å²) in [6.07, 6.45) is 1.56. The number of rotatable bonds is 5. The van der Waals surface area contributed by atoms with Crippen LogP contribution in [0, 0.1) is 3.57 Å². The van der Waals surface area contributed by atoms with E-state index in [1.54, 1.807) is 0 Å². The molecule has 0 radical (unpaired) electrons. The van der Waals surface area contributed by atoms with Crippen LogP contribution < -0.4 is 5.56 Å². The van der Waals surface area contributed by atoms with Gasteiger partial charge in [-0.15, -0.1) is 0 Å². The first-order valence-corrected chi connectivity index (χ1v) is 8.24. The molecule has 0 saturated carbocycles. The minimum atomic E-state index is -0.502. The minimum absolute atomic E-state index is 0.0773. The van der Waals surface area contributed by atoms with Gasteiger partial charge in [-0.05, 0) is 42.4 Å². The van der Waals surface area contributed by atoms with Gasteiger partial charge in [0.1, 0.15) is 15.0 Å². The number of aromatic nitrogens is 2. The monoisotopic (exact) mass is 392 g/mol. The highest BCUT2D eigenvalue weighted by Crippen LogP contribution is 2.32. The van der Waals surface area contributed by atoms with Gasteiger partial charge in [-0.1, -0.05) is 34.6 Å². The van der Waals surface area contributed by atoms with E-state index < -0.39 is 5.60 Å². The average molecular weight is 392 g/mol. The molecule has 0 fully saturated rings. The summed E-state index contributed by atoms with van der Waals surface area (Å²) in [5.41, 5.74) is 0.0892. The molecule has 1 aromatic rings. The smallest absolute Gasteiger partial charge is 0.264 e. The number of H-pyrrole nitrogens is 1. The van der Waals surface area contributed by atoms with Crippen LogP contribution in [0.5, 0.6) is 0 Å². The third-order valence-corrected chi connectivity index (χ3v) is 4.57. The van der Waals surface area contributed by atoms with Crippen LogP contribution in [0.25, 0.3) is 0 Å². The standard InChI is InChI=1S/C15H25IN2O2/c1-7-15(8-2,20-9-3)13-17-11(14(4,5)6)10(16)12(19)18-13/h7-9H2,1-6H3,(H,17,18,19). The average Bonchev–Trinajstić information content (AvgIpc) is 2.38. The Morgan fingerprint density at radius 2 is 1.75 bits per heavy atom. The van der Waals surface area contributed by atoms with E-state index >= 15 is 0 Å². The van der Waals surface area contributed by atoms with E-state index in [9.17, 15) is 4.79 Å². The van der Waals surface area contributed by atoms with Gasteiger partial charge in [0.05, 0.1) is 5.69 Å². The van der Waals surface area contributed by atoms with Crippen molar-refractivity contribution in [2.45, 2.75) is 65.4 Å². The Bertz CT molecular complexity index is 514. The quantitative estimate of drug-likeness (QED) is 0.778. The summed E-state index contributed by atoms with van der Waals surface area (Å²) in [4.78, 5) is 19.9. The first kappa shape index (κ1) is 17.6. The van der Waals surface area contributed by atoms with Gasteiger partial charge in [-0.2, -0.15) is 0 Å². The van der Waals surface area contributed by atoms with Gasteiger partial charge in [0.2, 0.25) is 0 Å². The van der Waals surface area contributed by atoms with Crippen LogP contribution >= 0.6 is 22.6 Å². The second-order valence-corrected chi connectivity index (χ2v) is 7.04. The Morgan fingerprint density at radius 3 is 2.15 bits per heavy atom. The summed E-state index contributed by atoms with van der Waals surface area (Å²) in [5, 5.41) is 0. The maximum atomic E-state index is 12.2. The third-order valence-electron chi connectivity index (χ3n) is 3.57. The highest BCUT2D eigenvalue weighted by molar-refractivity contribution is 14.1. The van der Waals surface area contributed by atoms with Gasteiger partial charge in [0.15, 0.2) is 0 Å². The van der Waals surface area contributed by atoms with Gasteiger partial charge < -0.3 is 9.72 Å². The normalized spacial score (nSPS) is 12.8. The molecule has 114 valence electrons. The van der Waals surface area contributed by atoms with E-state index in [0.29, 0.717) is 16.0 Å². The molecule has 0 unspecified atom stereocenters. The molecule has 1 aromatic heterocycles. The highest BCUT2D eigenvalue weighted by Gasteiger charge is 2.34. The molecule has 0 aliphatic rings. The van der Waals surface area contributed by atoms with Crippen molar-refractivity contribution in [2.24, 2.45) is 0 Å². The number of ether oxygens (including phenoxy) is 1. The topological polar surface area (TPSA) is 55.0 Å². The zero-order valence-electron chi connectivity index (χ0n) is 13.3. The lowest BCUT2D eigenvalue weighted by Crippen LogP contribution is -2.36. The Labute approximate surface area is 134 Å². The molecule has 0 spiro atoms. The van der Waals surface area contributed by atoms with E-state index in [1.807, 2.05) is 6.92 Å². The van der Waals surface area contributed by atoms with Crippen LogP contribution in [0.15, 0.2) is 4.79 Å². The van der Waals surface area contributed by atoms with Crippen molar-refractivity contribution in [1.82, 2.24) is 9.97 Å². The molecule has 20 heavy (non-hydrogen) atoms. The molecule has 1 rings (SSSR count). The maximum Gasteiger partial charge on any atom is 0.264 e. The maximum absolute atomic E-state index is 12.2. The van der Waals surface area contributed by atoms with Crippen LogP contribution in [-0.2, 0) is 15.8 Å². The first-order chi connectivity index (χ1) is 9.21. The molecule has 0 aromatic carbocycles. The number of hydrogen-bond acceptors (Lipinski definition) is 3. The first-order valence-electron chi connectivity index (χ1n) is 7.16. The lowest BCUT2D eigenvalue weighted by Gasteiger charge is -2.31. The predicted molar refractivity (Wildman–Crippen MR) is 90.2 cm³/mol.